The number of nitrogens with one attached hydrogen (secondary N) is 2. The van der Waals surface area contributed by atoms with E-state index in [0.29, 0.717) is 34.2 Å². The van der Waals surface area contributed by atoms with Gasteiger partial charge in [0.2, 0.25) is 0 Å². The summed E-state index contributed by atoms with van der Waals surface area (Å²) in [6.07, 6.45) is 0. The average Bonchev–Trinajstić information content (AvgIpc) is 3.20. The first-order chi connectivity index (χ1) is 16.0. The van der Waals surface area contributed by atoms with Gasteiger partial charge in [0.25, 0.3) is 0 Å². The Kier molecular flexibility index (Phi) is 6.43. The topological polar surface area (TPSA) is 107 Å². The van der Waals surface area contributed by atoms with Crippen LogP contribution in [-0.2, 0) is 6.54 Å². The normalized spacial score (nSPS) is 10.6. The van der Waals surface area contributed by atoms with Crippen LogP contribution in [0.5, 0.6) is 11.5 Å². The molecule has 1 heterocycles. The van der Waals surface area contributed by atoms with Crippen LogP contribution in [0.15, 0.2) is 70.5 Å². The van der Waals surface area contributed by atoms with Crippen molar-refractivity contribution in [3.05, 3.63) is 77.5 Å². The SMILES string of the molecule is COc1cc(C#N)c(NCc2ccc3[nH]c(C(=O)O)c(Sc4ccccc4)c3c2)cc1OC. The third kappa shape index (κ3) is 4.59. The van der Waals surface area contributed by atoms with E-state index in [-0.39, 0.29) is 5.69 Å². The van der Waals surface area contributed by atoms with E-state index in [4.69, 9.17) is 9.47 Å². The van der Waals surface area contributed by atoms with Crippen LogP contribution in [-0.4, -0.2) is 30.3 Å². The quantitative estimate of drug-likeness (QED) is 0.318. The summed E-state index contributed by atoms with van der Waals surface area (Å²) in [5.41, 5.74) is 2.90. The summed E-state index contributed by atoms with van der Waals surface area (Å²) in [6, 6.07) is 20.9. The first kappa shape index (κ1) is 22.1. The molecule has 33 heavy (non-hydrogen) atoms. The number of aromatic carboxylic acids is 1. The predicted octanol–water partition coefficient (Wildman–Crippen LogP) is 5.52. The number of rotatable bonds is 8. The molecule has 0 aliphatic heterocycles. The third-order valence-corrected chi connectivity index (χ3v) is 6.26. The summed E-state index contributed by atoms with van der Waals surface area (Å²) in [4.78, 5) is 16.5. The highest BCUT2D eigenvalue weighted by molar-refractivity contribution is 7.99. The molecule has 0 unspecified atom stereocenters. The highest BCUT2D eigenvalue weighted by Gasteiger charge is 2.19. The molecule has 0 bridgehead atoms. The molecule has 0 fully saturated rings. The van der Waals surface area contributed by atoms with Crippen molar-refractivity contribution in [3.63, 3.8) is 0 Å². The predicted molar refractivity (Wildman–Crippen MR) is 127 cm³/mol. The molecule has 3 N–H and O–H groups in total. The number of fused-ring (bicyclic) bond motifs is 1. The van der Waals surface area contributed by atoms with E-state index in [2.05, 4.69) is 16.4 Å². The molecule has 166 valence electrons. The van der Waals surface area contributed by atoms with Gasteiger partial charge in [-0.3, -0.25) is 0 Å². The van der Waals surface area contributed by atoms with Crippen LogP contribution in [0.2, 0.25) is 0 Å². The molecule has 3 aromatic carbocycles. The van der Waals surface area contributed by atoms with Gasteiger partial charge >= 0.3 is 5.97 Å². The second-order valence-corrected chi connectivity index (χ2v) is 8.23. The number of hydrogen-bond donors (Lipinski definition) is 3. The number of benzene rings is 3. The van der Waals surface area contributed by atoms with Crippen LogP contribution in [0, 0.1) is 11.3 Å². The van der Waals surface area contributed by atoms with Crippen LogP contribution >= 0.6 is 11.8 Å². The Morgan fingerprint density at radius 2 is 1.82 bits per heavy atom. The van der Waals surface area contributed by atoms with E-state index in [9.17, 15) is 15.2 Å². The zero-order valence-corrected chi connectivity index (χ0v) is 18.8. The number of aromatic nitrogens is 1. The summed E-state index contributed by atoms with van der Waals surface area (Å²) < 4.78 is 10.6. The summed E-state index contributed by atoms with van der Waals surface area (Å²) >= 11 is 1.41. The number of methoxy groups -OCH3 is 2. The smallest absolute Gasteiger partial charge is 0.353 e. The summed E-state index contributed by atoms with van der Waals surface area (Å²) in [6.45, 7) is 0.434. The van der Waals surface area contributed by atoms with Gasteiger partial charge in [-0.25, -0.2) is 4.79 Å². The lowest BCUT2D eigenvalue weighted by Gasteiger charge is -2.13. The zero-order chi connectivity index (χ0) is 23.4. The van der Waals surface area contributed by atoms with Gasteiger partial charge < -0.3 is 24.9 Å². The van der Waals surface area contributed by atoms with Crippen LogP contribution in [0.25, 0.3) is 10.9 Å². The van der Waals surface area contributed by atoms with E-state index in [1.165, 1.54) is 18.9 Å². The van der Waals surface area contributed by atoms with E-state index in [1.54, 1.807) is 19.2 Å². The number of aromatic amines is 1. The number of anilines is 1. The Labute approximate surface area is 195 Å². The summed E-state index contributed by atoms with van der Waals surface area (Å²) in [5.74, 6) is -0.00171. The fraction of sp³-hybridized carbons (Fsp3) is 0.120. The van der Waals surface area contributed by atoms with Crippen molar-refractivity contribution in [1.29, 1.82) is 5.26 Å². The molecule has 0 radical (unpaired) electrons. The molecular weight excluding hydrogens is 438 g/mol. The molecule has 1 aromatic heterocycles. The van der Waals surface area contributed by atoms with E-state index < -0.39 is 5.97 Å². The monoisotopic (exact) mass is 459 g/mol. The maximum atomic E-state index is 11.9. The third-order valence-electron chi connectivity index (χ3n) is 5.12. The molecule has 0 aliphatic carbocycles. The van der Waals surface area contributed by atoms with Gasteiger partial charge in [0.15, 0.2) is 11.5 Å². The van der Waals surface area contributed by atoms with Gasteiger partial charge in [0.05, 0.1) is 30.4 Å². The molecule has 0 saturated heterocycles. The molecule has 4 aromatic rings. The minimum absolute atomic E-state index is 0.163. The Balaban J connectivity index is 1.67. The lowest BCUT2D eigenvalue weighted by atomic mass is 10.1. The summed E-state index contributed by atoms with van der Waals surface area (Å²) in [5, 5.41) is 23.3. The molecule has 0 saturated carbocycles. The number of carbonyl (C=O) groups is 1. The Morgan fingerprint density at radius 1 is 1.09 bits per heavy atom. The lowest BCUT2D eigenvalue weighted by Crippen LogP contribution is -2.03. The molecule has 0 aliphatic rings. The molecule has 0 spiro atoms. The molecule has 0 amide bonds. The largest absolute Gasteiger partial charge is 0.493 e. The Bertz CT molecular complexity index is 1360. The van der Waals surface area contributed by atoms with Crippen molar-refractivity contribution in [1.82, 2.24) is 4.98 Å². The van der Waals surface area contributed by atoms with Crippen molar-refractivity contribution in [3.8, 4) is 17.6 Å². The number of carboxylic acids is 1. The average molecular weight is 460 g/mol. The number of carboxylic acid groups (broad SMARTS) is 1. The van der Waals surface area contributed by atoms with Crippen molar-refractivity contribution < 1.29 is 19.4 Å². The fourth-order valence-corrected chi connectivity index (χ4v) is 4.55. The number of nitriles is 1. The Morgan fingerprint density at radius 3 is 2.48 bits per heavy atom. The minimum Gasteiger partial charge on any atom is -0.493 e. The first-order valence-electron chi connectivity index (χ1n) is 10.0. The van der Waals surface area contributed by atoms with E-state index in [1.807, 2.05) is 48.5 Å². The van der Waals surface area contributed by atoms with Gasteiger partial charge in [-0.15, -0.1) is 0 Å². The molecule has 4 rings (SSSR count). The number of nitrogens with zero attached hydrogens (tertiary/aromatic N) is 1. The maximum absolute atomic E-state index is 11.9. The maximum Gasteiger partial charge on any atom is 0.353 e. The second kappa shape index (κ2) is 9.59. The highest BCUT2D eigenvalue weighted by atomic mass is 32.2. The van der Waals surface area contributed by atoms with Crippen molar-refractivity contribution >= 4 is 34.3 Å². The van der Waals surface area contributed by atoms with Crippen LogP contribution in [0.1, 0.15) is 21.6 Å². The van der Waals surface area contributed by atoms with Gasteiger partial charge in [0.1, 0.15) is 11.8 Å². The minimum atomic E-state index is -1.01. The lowest BCUT2D eigenvalue weighted by molar-refractivity contribution is 0.0687. The number of ether oxygens (including phenoxy) is 2. The highest BCUT2D eigenvalue weighted by Crippen LogP contribution is 2.37. The molecule has 8 heteroatoms. The van der Waals surface area contributed by atoms with Crippen LogP contribution < -0.4 is 14.8 Å². The zero-order valence-electron chi connectivity index (χ0n) is 18.0. The number of H-pyrrole nitrogens is 1. The van der Waals surface area contributed by atoms with Gasteiger partial charge in [0, 0.05) is 34.5 Å². The van der Waals surface area contributed by atoms with Gasteiger partial charge in [-0.05, 0) is 29.8 Å². The van der Waals surface area contributed by atoms with E-state index in [0.717, 1.165) is 21.4 Å². The molecule has 7 nitrogen and oxygen atoms in total. The van der Waals surface area contributed by atoms with Crippen molar-refractivity contribution in [2.75, 3.05) is 19.5 Å². The van der Waals surface area contributed by atoms with Gasteiger partial charge in [-0.1, -0.05) is 36.0 Å². The van der Waals surface area contributed by atoms with Gasteiger partial charge in [-0.2, -0.15) is 5.26 Å². The van der Waals surface area contributed by atoms with Crippen molar-refractivity contribution in [2.45, 2.75) is 16.3 Å². The van der Waals surface area contributed by atoms with E-state index >= 15 is 0 Å². The second-order valence-electron chi connectivity index (χ2n) is 7.15. The van der Waals surface area contributed by atoms with Crippen LogP contribution in [0.4, 0.5) is 5.69 Å². The first-order valence-corrected chi connectivity index (χ1v) is 10.9. The van der Waals surface area contributed by atoms with Crippen LogP contribution in [0.3, 0.4) is 0 Å². The Hall–Kier alpha value is -4.09. The van der Waals surface area contributed by atoms with Crippen molar-refractivity contribution in [2.24, 2.45) is 0 Å². The fourth-order valence-electron chi connectivity index (χ4n) is 3.50. The number of hydrogen-bond acceptors (Lipinski definition) is 6. The molecule has 0 atom stereocenters. The molecular formula is C25H21N3O4S. The standard InChI is InChI=1S/C25H21N3O4S/c1-31-21-11-16(13-26)20(12-22(21)32-2)27-14-15-8-9-19-18(10-15)24(23(28-19)25(29)30)33-17-6-4-3-5-7-17/h3-12,27-28H,14H2,1-2H3,(H,29,30). The summed E-state index contributed by atoms with van der Waals surface area (Å²) in [7, 11) is 3.06.